The molecule has 1 N–H and O–H groups in total. The van der Waals surface area contributed by atoms with E-state index < -0.39 is 0 Å². The van der Waals surface area contributed by atoms with Gasteiger partial charge in [0.25, 0.3) is 0 Å². The van der Waals surface area contributed by atoms with Crippen molar-refractivity contribution in [3.05, 3.63) is 71.8 Å². The van der Waals surface area contributed by atoms with Crippen LogP contribution in [0.15, 0.2) is 60.7 Å². The van der Waals surface area contributed by atoms with E-state index in [1.807, 2.05) is 0 Å². The highest BCUT2D eigenvalue weighted by atomic mass is 16.3. The second-order valence-corrected chi connectivity index (χ2v) is 6.50. The number of aliphatic hydroxyl groups is 1. The van der Waals surface area contributed by atoms with Crippen LogP contribution in [-0.4, -0.2) is 28.7 Å². The Bertz CT molecular complexity index is 544. The molecule has 0 aliphatic carbocycles. The third kappa shape index (κ3) is 3.65. The maximum atomic E-state index is 10.6. The van der Waals surface area contributed by atoms with Crippen molar-refractivity contribution in [1.82, 2.24) is 4.90 Å². The first-order chi connectivity index (χ1) is 11.3. The summed E-state index contributed by atoms with van der Waals surface area (Å²) in [5, 5.41) is 10.6. The van der Waals surface area contributed by atoms with Crippen molar-refractivity contribution in [2.45, 2.75) is 50.8 Å². The van der Waals surface area contributed by atoms with Gasteiger partial charge in [0.15, 0.2) is 0 Å². The molecule has 0 aromatic heterocycles. The molecule has 1 aliphatic heterocycles. The average Bonchev–Trinajstić information content (AvgIpc) is 2.63. The highest BCUT2D eigenvalue weighted by molar-refractivity contribution is 5.32. The molecular formula is C21H27NO. The largest absolute Gasteiger partial charge is 0.392 e. The quantitative estimate of drug-likeness (QED) is 0.885. The average molecular weight is 309 g/mol. The van der Waals surface area contributed by atoms with Crippen LogP contribution in [0.5, 0.6) is 0 Å². The van der Waals surface area contributed by atoms with E-state index in [0.717, 1.165) is 19.4 Å². The number of nitrogens with zero attached hydrogens (tertiary/aromatic N) is 1. The molecule has 0 spiro atoms. The summed E-state index contributed by atoms with van der Waals surface area (Å²) in [4.78, 5) is 2.53. The van der Waals surface area contributed by atoms with Crippen LogP contribution in [0.25, 0.3) is 0 Å². The second kappa shape index (κ2) is 7.76. The van der Waals surface area contributed by atoms with Crippen molar-refractivity contribution >= 4 is 0 Å². The van der Waals surface area contributed by atoms with E-state index in [-0.39, 0.29) is 18.2 Å². The Balaban J connectivity index is 2.00. The summed E-state index contributed by atoms with van der Waals surface area (Å²) in [5.74, 6) is 0. The fraction of sp³-hybridized carbons (Fsp3) is 0.429. The van der Waals surface area contributed by atoms with Crippen LogP contribution in [0.1, 0.15) is 49.8 Å². The van der Waals surface area contributed by atoms with Gasteiger partial charge in [-0.15, -0.1) is 0 Å². The van der Waals surface area contributed by atoms with Crippen molar-refractivity contribution in [3.8, 4) is 0 Å². The summed E-state index contributed by atoms with van der Waals surface area (Å²) < 4.78 is 0. The Morgan fingerprint density at radius 3 is 2.04 bits per heavy atom. The zero-order valence-corrected chi connectivity index (χ0v) is 13.9. The van der Waals surface area contributed by atoms with Gasteiger partial charge < -0.3 is 5.11 Å². The SMILES string of the molecule is CC[C@@H](O)[C@@H]1CCCCN1C(c1ccccc1)c1ccccc1. The Kier molecular flexibility index (Phi) is 5.47. The van der Waals surface area contributed by atoms with Gasteiger partial charge in [0, 0.05) is 6.04 Å². The van der Waals surface area contributed by atoms with Crippen molar-refractivity contribution in [2.75, 3.05) is 6.54 Å². The number of aliphatic hydroxyl groups excluding tert-OH is 1. The molecular weight excluding hydrogens is 282 g/mol. The molecule has 0 saturated carbocycles. The molecule has 0 radical (unpaired) electrons. The zero-order valence-electron chi connectivity index (χ0n) is 13.9. The van der Waals surface area contributed by atoms with Crippen LogP contribution in [-0.2, 0) is 0 Å². The van der Waals surface area contributed by atoms with Crippen LogP contribution in [0.4, 0.5) is 0 Å². The van der Waals surface area contributed by atoms with Crippen molar-refractivity contribution in [1.29, 1.82) is 0 Å². The Morgan fingerprint density at radius 1 is 0.957 bits per heavy atom. The first-order valence-electron chi connectivity index (χ1n) is 8.85. The maximum absolute atomic E-state index is 10.6. The molecule has 2 nitrogen and oxygen atoms in total. The molecule has 2 atom stereocenters. The molecule has 122 valence electrons. The maximum Gasteiger partial charge on any atom is 0.0693 e. The predicted molar refractivity (Wildman–Crippen MR) is 95.4 cm³/mol. The minimum absolute atomic E-state index is 0.226. The number of hydrogen-bond donors (Lipinski definition) is 1. The lowest BCUT2D eigenvalue weighted by atomic mass is 9.89. The van der Waals surface area contributed by atoms with Crippen LogP contribution in [0.3, 0.4) is 0 Å². The molecule has 2 aromatic carbocycles. The minimum Gasteiger partial charge on any atom is -0.392 e. The topological polar surface area (TPSA) is 23.5 Å². The zero-order chi connectivity index (χ0) is 16.1. The fourth-order valence-electron chi connectivity index (χ4n) is 3.83. The van der Waals surface area contributed by atoms with Crippen molar-refractivity contribution in [3.63, 3.8) is 0 Å². The summed E-state index contributed by atoms with van der Waals surface area (Å²) in [6.07, 6.45) is 4.09. The molecule has 0 unspecified atom stereocenters. The monoisotopic (exact) mass is 309 g/mol. The molecule has 1 heterocycles. The van der Waals surface area contributed by atoms with Crippen molar-refractivity contribution in [2.24, 2.45) is 0 Å². The van der Waals surface area contributed by atoms with E-state index >= 15 is 0 Å². The predicted octanol–water partition coefficient (Wildman–Crippen LogP) is 4.40. The first-order valence-corrected chi connectivity index (χ1v) is 8.85. The second-order valence-electron chi connectivity index (χ2n) is 6.50. The highest BCUT2D eigenvalue weighted by Crippen LogP contribution is 2.35. The summed E-state index contributed by atoms with van der Waals surface area (Å²) in [5.41, 5.74) is 2.63. The molecule has 1 saturated heterocycles. The first kappa shape index (κ1) is 16.2. The van der Waals surface area contributed by atoms with Crippen molar-refractivity contribution < 1.29 is 5.11 Å². The molecule has 0 bridgehead atoms. The molecule has 0 amide bonds. The van der Waals surface area contributed by atoms with Gasteiger partial charge in [0.2, 0.25) is 0 Å². The fourth-order valence-corrected chi connectivity index (χ4v) is 3.83. The lowest BCUT2D eigenvalue weighted by molar-refractivity contribution is 0.00748. The van der Waals surface area contributed by atoms with Gasteiger partial charge in [-0.2, -0.15) is 0 Å². The normalized spacial score (nSPS) is 20.6. The van der Waals surface area contributed by atoms with E-state index in [4.69, 9.17) is 0 Å². The lowest BCUT2D eigenvalue weighted by Crippen LogP contribution is -2.48. The number of likely N-dealkylation sites (tertiary alicyclic amines) is 1. The molecule has 3 rings (SSSR count). The number of piperidine rings is 1. The smallest absolute Gasteiger partial charge is 0.0693 e. The molecule has 2 aromatic rings. The molecule has 2 heteroatoms. The van der Waals surface area contributed by atoms with Gasteiger partial charge in [0.1, 0.15) is 0 Å². The van der Waals surface area contributed by atoms with E-state index in [9.17, 15) is 5.11 Å². The number of hydrogen-bond acceptors (Lipinski definition) is 2. The summed E-state index contributed by atoms with van der Waals surface area (Å²) >= 11 is 0. The Morgan fingerprint density at radius 2 is 1.52 bits per heavy atom. The van der Waals surface area contributed by atoms with E-state index in [1.54, 1.807) is 0 Å². The van der Waals surface area contributed by atoms with Gasteiger partial charge >= 0.3 is 0 Å². The van der Waals surface area contributed by atoms with Crippen LogP contribution in [0.2, 0.25) is 0 Å². The van der Waals surface area contributed by atoms with E-state index in [0.29, 0.717) is 0 Å². The third-order valence-electron chi connectivity index (χ3n) is 5.02. The third-order valence-corrected chi connectivity index (χ3v) is 5.02. The summed E-state index contributed by atoms with van der Waals surface area (Å²) in [7, 11) is 0. The van der Waals surface area contributed by atoms with E-state index in [2.05, 4.69) is 72.5 Å². The summed E-state index contributed by atoms with van der Waals surface area (Å²) in [6.45, 7) is 3.13. The van der Waals surface area contributed by atoms with Crippen LogP contribution in [0, 0.1) is 0 Å². The van der Waals surface area contributed by atoms with Crippen LogP contribution >= 0.6 is 0 Å². The van der Waals surface area contributed by atoms with Gasteiger partial charge in [0.05, 0.1) is 12.1 Å². The minimum atomic E-state index is -0.245. The Labute approximate surface area is 139 Å². The van der Waals surface area contributed by atoms with Gasteiger partial charge in [-0.05, 0) is 36.9 Å². The van der Waals surface area contributed by atoms with Gasteiger partial charge in [-0.1, -0.05) is 74.0 Å². The van der Waals surface area contributed by atoms with Crippen LogP contribution < -0.4 is 0 Å². The Hall–Kier alpha value is -1.64. The van der Waals surface area contributed by atoms with Gasteiger partial charge in [-0.3, -0.25) is 4.90 Å². The molecule has 1 aliphatic rings. The number of rotatable bonds is 5. The number of benzene rings is 2. The standard InChI is InChI=1S/C21H27NO/c1-2-20(23)19-15-9-10-16-22(19)21(17-11-5-3-6-12-17)18-13-7-4-8-14-18/h3-8,11-14,19-21,23H,2,9-10,15-16H2,1H3/t19-,20+/m0/s1. The highest BCUT2D eigenvalue weighted by Gasteiger charge is 2.34. The lowest BCUT2D eigenvalue weighted by Gasteiger charge is -2.43. The van der Waals surface area contributed by atoms with E-state index in [1.165, 1.54) is 24.0 Å². The molecule has 23 heavy (non-hydrogen) atoms. The summed E-state index contributed by atoms with van der Waals surface area (Å²) in [6, 6.07) is 21.9. The van der Waals surface area contributed by atoms with Gasteiger partial charge in [-0.25, -0.2) is 0 Å². The molecule has 1 fully saturated rings.